The SMILES string of the molecule is COc1ccc(N2C[C@@H](C)N[C@@H](C)C2)cc1NS(=O)(=O)c1ccc(-c2ccc(F)cc2F)s1. The molecule has 6 nitrogen and oxygen atoms in total. The Hall–Kier alpha value is -2.69. The monoisotopic (exact) mass is 493 g/mol. The van der Waals surface area contributed by atoms with Crippen molar-refractivity contribution in [1.82, 2.24) is 5.32 Å². The van der Waals surface area contributed by atoms with E-state index < -0.39 is 21.7 Å². The summed E-state index contributed by atoms with van der Waals surface area (Å²) in [5.74, 6) is -1.05. The fourth-order valence-electron chi connectivity index (χ4n) is 4.00. The van der Waals surface area contributed by atoms with Crippen LogP contribution in [0.1, 0.15) is 13.8 Å². The third-order valence-electron chi connectivity index (χ3n) is 5.39. The van der Waals surface area contributed by atoms with Gasteiger partial charge >= 0.3 is 0 Å². The number of anilines is 2. The number of hydrogen-bond donors (Lipinski definition) is 2. The molecule has 1 saturated heterocycles. The van der Waals surface area contributed by atoms with E-state index in [0.29, 0.717) is 28.4 Å². The van der Waals surface area contributed by atoms with Crippen LogP contribution in [0, 0.1) is 11.6 Å². The summed E-state index contributed by atoms with van der Waals surface area (Å²) in [6, 6.07) is 12.1. The zero-order valence-electron chi connectivity index (χ0n) is 18.4. The molecule has 0 bridgehead atoms. The van der Waals surface area contributed by atoms with E-state index in [2.05, 4.69) is 28.8 Å². The van der Waals surface area contributed by atoms with Gasteiger partial charge in [0.15, 0.2) is 0 Å². The first-order valence-corrected chi connectivity index (χ1v) is 12.7. The van der Waals surface area contributed by atoms with Crippen LogP contribution in [0.4, 0.5) is 20.2 Å². The van der Waals surface area contributed by atoms with Crippen LogP contribution >= 0.6 is 11.3 Å². The average molecular weight is 494 g/mol. The molecule has 176 valence electrons. The van der Waals surface area contributed by atoms with Crippen molar-refractivity contribution in [3.05, 3.63) is 60.2 Å². The van der Waals surface area contributed by atoms with Crippen LogP contribution in [0.3, 0.4) is 0 Å². The lowest BCUT2D eigenvalue weighted by Crippen LogP contribution is -2.54. The quantitative estimate of drug-likeness (QED) is 0.521. The molecule has 1 fully saturated rings. The first kappa shape index (κ1) is 23.5. The number of sulfonamides is 1. The van der Waals surface area contributed by atoms with Gasteiger partial charge in [0.25, 0.3) is 10.0 Å². The van der Waals surface area contributed by atoms with Gasteiger partial charge in [0.05, 0.1) is 12.8 Å². The fraction of sp³-hybridized carbons (Fsp3) is 0.304. The maximum absolute atomic E-state index is 14.1. The molecular formula is C23H25F2N3O3S2. The lowest BCUT2D eigenvalue weighted by molar-refractivity contribution is 0.406. The number of piperazine rings is 1. The molecule has 4 rings (SSSR count). The maximum Gasteiger partial charge on any atom is 0.271 e. The van der Waals surface area contributed by atoms with Crippen molar-refractivity contribution in [2.24, 2.45) is 0 Å². The highest BCUT2D eigenvalue weighted by Gasteiger charge is 2.24. The van der Waals surface area contributed by atoms with Crippen LogP contribution in [0.5, 0.6) is 5.75 Å². The van der Waals surface area contributed by atoms with Gasteiger partial charge in [-0.25, -0.2) is 17.2 Å². The van der Waals surface area contributed by atoms with Crippen molar-refractivity contribution >= 4 is 32.7 Å². The zero-order valence-corrected chi connectivity index (χ0v) is 20.1. The van der Waals surface area contributed by atoms with Crippen LogP contribution in [0.2, 0.25) is 0 Å². The van der Waals surface area contributed by atoms with E-state index >= 15 is 0 Å². The van der Waals surface area contributed by atoms with Gasteiger partial charge in [-0.3, -0.25) is 4.72 Å². The van der Waals surface area contributed by atoms with Gasteiger partial charge in [-0.05, 0) is 56.3 Å². The third-order valence-corrected chi connectivity index (χ3v) is 8.37. The number of nitrogens with zero attached hydrogens (tertiary/aromatic N) is 1. The third kappa shape index (κ3) is 5.13. The number of nitrogens with one attached hydrogen (secondary N) is 2. The molecule has 2 atom stereocenters. The van der Waals surface area contributed by atoms with Crippen molar-refractivity contribution in [3.63, 3.8) is 0 Å². The number of methoxy groups -OCH3 is 1. The Morgan fingerprint density at radius 2 is 1.79 bits per heavy atom. The molecule has 0 aliphatic carbocycles. The van der Waals surface area contributed by atoms with Crippen LogP contribution in [-0.2, 0) is 10.0 Å². The van der Waals surface area contributed by atoms with Crippen molar-refractivity contribution in [2.45, 2.75) is 30.1 Å². The Balaban J connectivity index is 1.62. The molecule has 10 heteroatoms. The maximum atomic E-state index is 14.1. The summed E-state index contributed by atoms with van der Waals surface area (Å²) < 4.78 is 61.6. The Kier molecular flexibility index (Phi) is 6.60. The highest BCUT2D eigenvalue weighted by molar-refractivity contribution is 7.94. The lowest BCUT2D eigenvalue weighted by atomic mass is 10.1. The standard InChI is InChI=1S/C23H25F2N3O3S2/c1-14-12-28(13-15(2)26-14)17-5-7-21(31-3)20(11-17)27-33(29,30)23-9-8-22(32-23)18-6-4-16(24)10-19(18)25/h4-11,14-15,26-27H,12-13H2,1-3H3/t14-,15+. The van der Waals surface area contributed by atoms with Gasteiger partial charge in [0.2, 0.25) is 0 Å². The van der Waals surface area contributed by atoms with Gasteiger partial charge in [0.1, 0.15) is 21.6 Å². The number of rotatable bonds is 6. The molecule has 2 N–H and O–H groups in total. The zero-order chi connectivity index (χ0) is 23.8. The normalized spacial score (nSPS) is 18.9. The van der Waals surface area contributed by atoms with Gasteiger partial charge in [-0.1, -0.05) is 0 Å². The Labute approximate surface area is 196 Å². The molecule has 1 aliphatic heterocycles. The molecule has 0 unspecified atom stereocenters. The van der Waals surface area contributed by atoms with Crippen molar-refractivity contribution in [3.8, 4) is 16.2 Å². The Bertz CT molecular complexity index is 1250. The summed E-state index contributed by atoms with van der Waals surface area (Å²) in [7, 11) is -2.49. The van der Waals surface area contributed by atoms with E-state index in [1.54, 1.807) is 12.1 Å². The van der Waals surface area contributed by atoms with Crippen LogP contribution in [0.25, 0.3) is 10.4 Å². The first-order valence-electron chi connectivity index (χ1n) is 10.4. The Morgan fingerprint density at radius 1 is 1.06 bits per heavy atom. The number of halogens is 2. The molecule has 1 aliphatic rings. The van der Waals surface area contributed by atoms with Crippen molar-refractivity contribution < 1.29 is 21.9 Å². The molecule has 2 aromatic carbocycles. The second-order valence-corrected chi connectivity index (χ2v) is 11.1. The molecular weight excluding hydrogens is 468 g/mol. The second kappa shape index (κ2) is 9.28. The minimum atomic E-state index is -3.96. The predicted molar refractivity (Wildman–Crippen MR) is 128 cm³/mol. The van der Waals surface area contributed by atoms with E-state index in [0.717, 1.165) is 42.2 Å². The highest BCUT2D eigenvalue weighted by Crippen LogP contribution is 2.36. The number of thiophene rings is 1. The van der Waals surface area contributed by atoms with E-state index in [1.165, 1.54) is 25.3 Å². The Morgan fingerprint density at radius 3 is 2.45 bits per heavy atom. The summed E-state index contributed by atoms with van der Waals surface area (Å²) in [6.45, 7) is 5.79. The molecule has 0 saturated carbocycles. The van der Waals surface area contributed by atoms with Crippen molar-refractivity contribution in [1.29, 1.82) is 0 Å². The molecule has 3 aromatic rings. The summed E-state index contributed by atoms with van der Waals surface area (Å²) in [4.78, 5) is 2.58. The minimum absolute atomic E-state index is 0.0121. The smallest absolute Gasteiger partial charge is 0.271 e. The van der Waals surface area contributed by atoms with Gasteiger partial charge in [-0.15, -0.1) is 11.3 Å². The molecule has 0 radical (unpaired) electrons. The fourth-order valence-corrected chi connectivity index (χ4v) is 6.40. The van der Waals surface area contributed by atoms with Crippen LogP contribution in [0.15, 0.2) is 52.7 Å². The van der Waals surface area contributed by atoms with E-state index in [-0.39, 0.29) is 9.77 Å². The van der Waals surface area contributed by atoms with E-state index in [1.807, 2.05) is 6.07 Å². The van der Waals surface area contributed by atoms with Crippen molar-refractivity contribution in [2.75, 3.05) is 29.8 Å². The average Bonchev–Trinajstić information content (AvgIpc) is 3.24. The second-order valence-electron chi connectivity index (χ2n) is 8.11. The molecule has 1 aromatic heterocycles. The minimum Gasteiger partial charge on any atom is -0.495 e. The lowest BCUT2D eigenvalue weighted by Gasteiger charge is -2.38. The highest BCUT2D eigenvalue weighted by atomic mass is 32.2. The summed E-state index contributed by atoms with van der Waals surface area (Å²) in [5, 5.41) is 3.47. The summed E-state index contributed by atoms with van der Waals surface area (Å²) in [5.41, 5.74) is 1.34. The largest absolute Gasteiger partial charge is 0.495 e. The molecule has 0 spiro atoms. The summed E-state index contributed by atoms with van der Waals surface area (Å²) >= 11 is 0.906. The number of hydrogen-bond acceptors (Lipinski definition) is 6. The molecule has 33 heavy (non-hydrogen) atoms. The molecule has 0 amide bonds. The van der Waals surface area contributed by atoms with Crippen LogP contribution < -0.4 is 19.7 Å². The van der Waals surface area contributed by atoms with E-state index in [9.17, 15) is 17.2 Å². The number of ether oxygens (including phenoxy) is 1. The van der Waals surface area contributed by atoms with E-state index in [4.69, 9.17) is 4.74 Å². The van der Waals surface area contributed by atoms with Gasteiger partial charge < -0.3 is 15.0 Å². The van der Waals surface area contributed by atoms with Gasteiger partial charge in [-0.2, -0.15) is 0 Å². The van der Waals surface area contributed by atoms with Crippen LogP contribution in [-0.4, -0.2) is 40.7 Å². The molecule has 2 heterocycles. The topological polar surface area (TPSA) is 70.7 Å². The summed E-state index contributed by atoms with van der Waals surface area (Å²) in [6.07, 6.45) is 0. The first-order chi connectivity index (χ1) is 15.7. The van der Waals surface area contributed by atoms with Gasteiger partial charge in [0, 0.05) is 47.4 Å². The number of benzene rings is 2. The predicted octanol–water partition coefficient (Wildman–Crippen LogP) is 4.69.